The lowest BCUT2D eigenvalue weighted by molar-refractivity contribution is -0.137. The van der Waals surface area contributed by atoms with Gasteiger partial charge in [-0.3, -0.25) is 4.79 Å². The minimum absolute atomic E-state index is 0.159. The van der Waals surface area contributed by atoms with Crippen LogP contribution in [-0.4, -0.2) is 58.2 Å². The molecule has 0 aliphatic carbocycles. The summed E-state index contributed by atoms with van der Waals surface area (Å²) in [6, 6.07) is 5.80. The maximum Gasteiger partial charge on any atom is 0.227 e. The zero-order valence-electron chi connectivity index (χ0n) is 14.8. The van der Waals surface area contributed by atoms with Crippen LogP contribution in [-0.2, 0) is 11.2 Å². The van der Waals surface area contributed by atoms with Crippen LogP contribution in [0.2, 0.25) is 0 Å². The number of carbonyl (C=O) groups is 1. The Morgan fingerprint density at radius 3 is 2.88 bits per heavy atom. The highest BCUT2D eigenvalue weighted by Gasteiger charge is 2.46. The van der Waals surface area contributed by atoms with Crippen LogP contribution in [0.15, 0.2) is 36.0 Å². The number of piperidine rings is 2. The van der Waals surface area contributed by atoms with Crippen molar-refractivity contribution in [1.29, 1.82) is 0 Å². The molecule has 6 nitrogen and oxygen atoms in total. The second kappa shape index (κ2) is 7.32. The Bertz CT molecular complexity index is 739. The van der Waals surface area contributed by atoms with Gasteiger partial charge in [0.05, 0.1) is 12.5 Å². The number of amides is 1. The molecule has 2 atom stereocenters. The third kappa shape index (κ3) is 3.46. The number of nitrogens with zero attached hydrogens (tertiary/aromatic N) is 4. The normalized spacial score (nSPS) is 26.3. The van der Waals surface area contributed by atoms with Gasteiger partial charge in [0.25, 0.3) is 0 Å². The van der Waals surface area contributed by atoms with Gasteiger partial charge in [-0.25, -0.2) is 9.97 Å². The topological polar surface area (TPSA) is 69.6 Å². The summed E-state index contributed by atoms with van der Waals surface area (Å²) in [6.45, 7) is 2.83. The standard InChI is InChI=1S/C19H24N4O2S/c24-16-5-10-23(18-20-7-3-8-21-18)14-19(16)6-2-9-22(13-19)17(25)12-15-4-1-11-26-15/h1,3-4,7-8,11,16,24H,2,5-6,9-10,12-14H2/t16-,19+/m1/s1. The summed E-state index contributed by atoms with van der Waals surface area (Å²) in [4.78, 5) is 26.7. The molecule has 7 heteroatoms. The van der Waals surface area contributed by atoms with Gasteiger partial charge in [-0.2, -0.15) is 0 Å². The molecule has 0 aromatic carbocycles. The van der Waals surface area contributed by atoms with Gasteiger partial charge in [0, 0.05) is 48.9 Å². The molecule has 4 heterocycles. The molecule has 1 N–H and O–H groups in total. The van der Waals surface area contributed by atoms with E-state index in [1.165, 1.54) is 0 Å². The van der Waals surface area contributed by atoms with E-state index in [1.54, 1.807) is 23.7 Å². The van der Waals surface area contributed by atoms with E-state index in [0.717, 1.165) is 30.8 Å². The van der Waals surface area contributed by atoms with Crippen molar-refractivity contribution in [2.45, 2.75) is 31.8 Å². The average molecular weight is 372 g/mol. The van der Waals surface area contributed by atoms with E-state index >= 15 is 0 Å². The van der Waals surface area contributed by atoms with E-state index in [0.29, 0.717) is 31.9 Å². The zero-order valence-corrected chi connectivity index (χ0v) is 15.6. The van der Waals surface area contributed by atoms with Crippen LogP contribution >= 0.6 is 11.3 Å². The molecule has 1 amide bonds. The lowest BCUT2D eigenvalue weighted by Crippen LogP contribution is -2.60. The Labute approximate surface area is 157 Å². The number of likely N-dealkylation sites (tertiary alicyclic amines) is 1. The number of aromatic nitrogens is 2. The average Bonchev–Trinajstić information content (AvgIpc) is 3.18. The predicted molar refractivity (Wildman–Crippen MR) is 101 cm³/mol. The Balaban J connectivity index is 1.49. The van der Waals surface area contributed by atoms with Crippen molar-refractivity contribution in [3.63, 3.8) is 0 Å². The minimum Gasteiger partial charge on any atom is -0.392 e. The molecule has 4 rings (SSSR count). The van der Waals surface area contributed by atoms with Crippen LogP contribution in [0.4, 0.5) is 5.95 Å². The minimum atomic E-state index is -0.389. The Morgan fingerprint density at radius 1 is 1.27 bits per heavy atom. The Morgan fingerprint density at radius 2 is 2.12 bits per heavy atom. The molecule has 2 aromatic heterocycles. The maximum absolute atomic E-state index is 12.8. The molecule has 2 fully saturated rings. The van der Waals surface area contributed by atoms with Crippen molar-refractivity contribution >= 4 is 23.2 Å². The van der Waals surface area contributed by atoms with E-state index < -0.39 is 0 Å². The number of hydrogen-bond donors (Lipinski definition) is 1. The fourth-order valence-electron chi connectivity index (χ4n) is 4.22. The van der Waals surface area contributed by atoms with Crippen LogP contribution in [0.5, 0.6) is 0 Å². The molecule has 1 spiro atoms. The predicted octanol–water partition coefficient (Wildman–Crippen LogP) is 1.96. The summed E-state index contributed by atoms with van der Waals surface area (Å²) in [5.41, 5.74) is -0.291. The zero-order chi connectivity index (χ0) is 18.0. The van der Waals surface area contributed by atoms with Crippen molar-refractivity contribution in [2.24, 2.45) is 5.41 Å². The van der Waals surface area contributed by atoms with Crippen LogP contribution in [0.1, 0.15) is 24.1 Å². The fraction of sp³-hybridized carbons (Fsp3) is 0.526. The van der Waals surface area contributed by atoms with E-state index in [9.17, 15) is 9.90 Å². The lowest BCUT2D eigenvalue weighted by Gasteiger charge is -2.51. The molecule has 0 bridgehead atoms. The van der Waals surface area contributed by atoms with Crippen molar-refractivity contribution in [1.82, 2.24) is 14.9 Å². The molecule has 2 saturated heterocycles. The van der Waals surface area contributed by atoms with Crippen molar-refractivity contribution in [3.05, 3.63) is 40.8 Å². The summed E-state index contributed by atoms with van der Waals surface area (Å²) in [6.07, 6.45) is 6.10. The quantitative estimate of drug-likeness (QED) is 0.892. The maximum atomic E-state index is 12.8. The van der Waals surface area contributed by atoms with Crippen LogP contribution in [0.25, 0.3) is 0 Å². The number of hydrogen-bond acceptors (Lipinski definition) is 6. The monoisotopic (exact) mass is 372 g/mol. The molecule has 2 aliphatic heterocycles. The fourth-order valence-corrected chi connectivity index (χ4v) is 4.92. The van der Waals surface area contributed by atoms with Crippen molar-refractivity contribution in [2.75, 3.05) is 31.1 Å². The number of anilines is 1. The molecule has 2 aromatic rings. The number of rotatable bonds is 3. The summed E-state index contributed by atoms with van der Waals surface area (Å²) in [7, 11) is 0. The molecular weight excluding hydrogens is 348 g/mol. The largest absolute Gasteiger partial charge is 0.392 e. The van der Waals surface area contributed by atoms with Gasteiger partial charge in [-0.1, -0.05) is 6.07 Å². The van der Waals surface area contributed by atoms with E-state index in [2.05, 4.69) is 14.9 Å². The summed E-state index contributed by atoms with van der Waals surface area (Å²) in [5, 5.41) is 12.8. The SMILES string of the molecule is O=C(Cc1cccs1)N1CCC[C@]2(C1)CN(c1ncccn1)CC[C@H]2O. The van der Waals surface area contributed by atoms with Gasteiger partial charge in [-0.15, -0.1) is 11.3 Å². The molecule has 0 radical (unpaired) electrons. The van der Waals surface area contributed by atoms with Crippen molar-refractivity contribution < 1.29 is 9.90 Å². The third-order valence-electron chi connectivity index (χ3n) is 5.59. The van der Waals surface area contributed by atoms with Crippen LogP contribution in [0.3, 0.4) is 0 Å². The number of thiophene rings is 1. The first-order valence-electron chi connectivity index (χ1n) is 9.16. The van der Waals surface area contributed by atoms with Crippen LogP contribution in [0, 0.1) is 5.41 Å². The summed E-state index contributed by atoms with van der Waals surface area (Å²) < 4.78 is 0. The molecule has 26 heavy (non-hydrogen) atoms. The van der Waals surface area contributed by atoms with Gasteiger partial charge in [0.2, 0.25) is 11.9 Å². The Hall–Kier alpha value is -1.99. The first-order valence-corrected chi connectivity index (χ1v) is 10.0. The molecular formula is C19H24N4O2S. The highest BCUT2D eigenvalue weighted by molar-refractivity contribution is 7.10. The van der Waals surface area contributed by atoms with Gasteiger partial charge < -0.3 is 14.9 Å². The molecule has 0 unspecified atom stereocenters. The van der Waals surface area contributed by atoms with Crippen molar-refractivity contribution in [3.8, 4) is 0 Å². The first kappa shape index (κ1) is 17.4. The number of carbonyl (C=O) groups excluding carboxylic acids is 1. The summed E-state index contributed by atoms with van der Waals surface area (Å²) in [5.74, 6) is 0.868. The lowest BCUT2D eigenvalue weighted by atomic mass is 9.71. The Kier molecular flexibility index (Phi) is 4.91. The van der Waals surface area contributed by atoms with Crippen LogP contribution < -0.4 is 4.90 Å². The van der Waals surface area contributed by atoms with Gasteiger partial charge in [0.1, 0.15) is 0 Å². The van der Waals surface area contributed by atoms with E-state index in [-0.39, 0.29) is 17.4 Å². The van der Waals surface area contributed by atoms with Gasteiger partial charge >= 0.3 is 0 Å². The highest BCUT2D eigenvalue weighted by Crippen LogP contribution is 2.39. The van der Waals surface area contributed by atoms with E-state index in [1.807, 2.05) is 28.5 Å². The highest BCUT2D eigenvalue weighted by atomic mass is 32.1. The van der Waals surface area contributed by atoms with E-state index in [4.69, 9.17) is 0 Å². The molecule has 0 saturated carbocycles. The second-order valence-electron chi connectivity index (χ2n) is 7.31. The number of aliphatic hydroxyl groups excluding tert-OH is 1. The first-order chi connectivity index (χ1) is 12.7. The third-order valence-corrected chi connectivity index (χ3v) is 6.46. The second-order valence-corrected chi connectivity index (χ2v) is 8.34. The molecule has 138 valence electrons. The molecule has 2 aliphatic rings. The van der Waals surface area contributed by atoms with Gasteiger partial charge in [0.15, 0.2) is 0 Å². The summed E-state index contributed by atoms with van der Waals surface area (Å²) >= 11 is 1.62. The smallest absolute Gasteiger partial charge is 0.227 e. The number of aliphatic hydroxyl groups is 1. The van der Waals surface area contributed by atoms with Gasteiger partial charge in [-0.05, 0) is 36.8 Å².